The quantitative estimate of drug-likeness (QED) is 0.765. The first-order valence-corrected chi connectivity index (χ1v) is 6.88. The number of aromatic nitrogens is 3. The van der Waals surface area contributed by atoms with E-state index in [1.165, 1.54) is 0 Å². The van der Waals surface area contributed by atoms with Crippen LogP contribution in [0.25, 0.3) is 0 Å². The molecule has 1 aromatic heterocycles. The largest absolute Gasteiger partial charge is 0.339 e. The summed E-state index contributed by atoms with van der Waals surface area (Å²) in [5.41, 5.74) is 2.12. The third kappa shape index (κ3) is 2.68. The van der Waals surface area contributed by atoms with Gasteiger partial charge in [-0.1, -0.05) is 19.9 Å². The molecule has 0 aliphatic carbocycles. The molecule has 0 N–H and O–H groups in total. The highest BCUT2D eigenvalue weighted by Gasteiger charge is 2.20. The van der Waals surface area contributed by atoms with Crippen LogP contribution in [0.5, 0.6) is 0 Å². The van der Waals surface area contributed by atoms with Gasteiger partial charge in [0.1, 0.15) is 0 Å². The summed E-state index contributed by atoms with van der Waals surface area (Å²) in [7, 11) is 0. The van der Waals surface area contributed by atoms with E-state index < -0.39 is 0 Å². The smallest absolute Gasteiger partial charge is 0.245 e. The Labute approximate surface area is 109 Å². The third-order valence-corrected chi connectivity index (χ3v) is 3.65. The molecule has 1 fully saturated rings. The van der Waals surface area contributed by atoms with Gasteiger partial charge in [-0.3, -0.25) is 0 Å². The molecule has 1 aliphatic rings. The SMILES string of the molecule is C=CC1CCN(c2nnc(CC)c(CC)n2)CC1. The fraction of sp³-hybridized carbons (Fsp3) is 0.643. The first-order valence-electron chi connectivity index (χ1n) is 6.88. The van der Waals surface area contributed by atoms with Crippen LogP contribution in [0.3, 0.4) is 0 Å². The van der Waals surface area contributed by atoms with Crippen LogP contribution in [0.15, 0.2) is 12.7 Å². The molecule has 0 radical (unpaired) electrons. The summed E-state index contributed by atoms with van der Waals surface area (Å²) in [6, 6.07) is 0. The maximum Gasteiger partial charge on any atom is 0.245 e. The lowest BCUT2D eigenvalue weighted by molar-refractivity contribution is 0.472. The summed E-state index contributed by atoms with van der Waals surface area (Å²) < 4.78 is 0. The van der Waals surface area contributed by atoms with Gasteiger partial charge in [0.2, 0.25) is 5.95 Å². The highest BCUT2D eigenvalue weighted by molar-refractivity contribution is 5.31. The van der Waals surface area contributed by atoms with Crippen LogP contribution in [0.1, 0.15) is 38.1 Å². The number of allylic oxidation sites excluding steroid dienone is 1. The Morgan fingerprint density at radius 1 is 1.17 bits per heavy atom. The monoisotopic (exact) mass is 246 g/mol. The molecule has 0 amide bonds. The van der Waals surface area contributed by atoms with Crippen molar-refractivity contribution in [2.24, 2.45) is 5.92 Å². The molecule has 0 aromatic carbocycles. The molecule has 4 heteroatoms. The number of hydrogen-bond acceptors (Lipinski definition) is 4. The average molecular weight is 246 g/mol. The lowest BCUT2D eigenvalue weighted by atomic mass is 9.97. The van der Waals surface area contributed by atoms with E-state index >= 15 is 0 Å². The average Bonchev–Trinajstić information content (AvgIpc) is 2.46. The van der Waals surface area contributed by atoms with Crippen molar-refractivity contribution in [2.75, 3.05) is 18.0 Å². The molecular formula is C14H22N4. The summed E-state index contributed by atoms with van der Waals surface area (Å²) in [6.07, 6.45) is 6.18. The molecule has 0 spiro atoms. The van der Waals surface area contributed by atoms with Crippen LogP contribution in [0.4, 0.5) is 5.95 Å². The lowest BCUT2D eigenvalue weighted by Crippen LogP contribution is -2.34. The predicted molar refractivity (Wildman–Crippen MR) is 73.7 cm³/mol. The molecule has 1 aromatic rings. The van der Waals surface area contributed by atoms with Crippen LogP contribution in [0, 0.1) is 5.92 Å². The zero-order valence-electron chi connectivity index (χ0n) is 11.4. The Bertz CT molecular complexity index is 408. The number of hydrogen-bond donors (Lipinski definition) is 0. The second-order valence-corrected chi connectivity index (χ2v) is 4.77. The van der Waals surface area contributed by atoms with Gasteiger partial charge < -0.3 is 4.90 Å². The zero-order valence-corrected chi connectivity index (χ0v) is 11.4. The van der Waals surface area contributed by atoms with Gasteiger partial charge in [0.25, 0.3) is 0 Å². The van der Waals surface area contributed by atoms with E-state index in [0.29, 0.717) is 5.92 Å². The number of piperidine rings is 1. The van der Waals surface area contributed by atoms with Crippen LogP contribution < -0.4 is 4.90 Å². The molecule has 1 aliphatic heterocycles. The van der Waals surface area contributed by atoms with Gasteiger partial charge in [0.05, 0.1) is 11.4 Å². The Balaban J connectivity index is 2.12. The molecule has 4 nitrogen and oxygen atoms in total. The summed E-state index contributed by atoms with van der Waals surface area (Å²) in [6.45, 7) is 10.1. The predicted octanol–water partition coefficient (Wildman–Crippen LogP) is 2.40. The second kappa shape index (κ2) is 5.94. The highest BCUT2D eigenvalue weighted by atomic mass is 15.3. The van der Waals surface area contributed by atoms with Crippen molar-refractivity contribution in [3.05, 3.63) is 24.0 Å². The van der Waals surface area contributed by atoms with E-state index in [0.717, 1.165) is 56.1 Å². The third-order valence-electron chi connectivity index (χ3n) is 3.65. The lowest BCUT2D eigenvalue weighted by Gasteiger charge is -2.30. The van der Waals surface area contributed by atoms with E-state index in [-0.39, 0.29) is 0 Å². The van der Waals surface area contributed by atoms with Crippen LogP contribution >= 0.6 is 0 Å². The van der Waals surface area contributed by atoms with Crippen molar-refractivity contribution in [1.82, 2.24) is 15.2 Å². The molecule has 98 valence electrons. The topological polar surface area (TPSA) is 41.9 Å². The van der Waals surface area contributed by atoms with Gasteiger partial charge in [-0.2, -0.15) is 5.10 Å². The van der Waals surface area contributed by atoms with E-state index in [9.17, 15) is 0 Å². The van der Waals surface area contributed by atoms with Crippen molar-refractivity contribution >= 4 is 5.95 Å². The molecule has 18 heavy (non-hydrogen) atoms. The fourth-order valence-electron chi connectivity index (χ4n) is 2.40. The highest BCUT2D eigenvalue weighted by Crippen LogP contribution is 2.21. The van der Waals surface area contributed by atoms with Crippen LogP contribution in [-0.4, -0.2) is 28.3 Å². The van der Waals surface area contributed by atoms with Gasteiger partial charge in [0.15, 0.2) is 0 Å². The van der Waals surface area contributed by atoms with Crippen LogP contribution in [-0.2, 0) is 12.8 Å². The summed E-state index contributed by atoms with van der Waals surface area (Å²) in [4.78, 5) is 6.90. The molecule has 0 atom stereocenters. The fourth-order valence-corrected chi connectivity index (χ4v) is 2.40. The molecule has 0 bridgehead atoms. The molecule has 0 saturated carbocycles. The van der Waals surface area contributed by atoms with Crippen LogP contribution in [0.2, 0.25) is 0 Å². The van der Waals surface area contributed by atoms with Crippen molar-refractivity contribution in [1.29, 1.82) is 0 Å². The first kappa shape index (κ1) is 13.0. The Morgan fingerprint density at radius 2 is 1.83 bits per heavy atom. The Morgan fingerprint density at radius 3 is 2.39 bits per heavy atom. The molecule has 2 heterocycles. The minimum Gasteiger partial charge on any atom is -0.339 e. The zero-order chi connectivity index (χ0) is 13.0. The standard InChI is InChI=1S/C14H22N4/c1-4-11-7-9-18(10-8-11)14-15-12(5-2)13(6-3)16-17-14/h4,11H,1,5-10H2,2-3H3. The minimum atomic E-state index is 0.648. The molecule has 2 rings (SSSR count). The normalized spacial score (nSPS) is 16.9. The minimum absolute atomic E-state index is 0.648. The Kier molecular flexibility index (Phi) is 4.28. The van der Waals surface area contributed by atoms with E-state index in [1.807, 2.05) is 0 Å². The number of rotatable bonds is 4. The summed E-state index contributed by atoms with van der Waals surface area (Å²) in [5.74, 6) is 1.45. The molecular weight excluding hydrogens is 224 g/mol. The van der Waals surface area contributed by atoms with Gasteiger partial charge in [-0.05, 0) is 31.6 Å². The van der Waals surface area contributed by atoms with E-state index in [1.54, 1.807) is 0 Å². The Hall–Kier alpha value is -1.45. The number of nitrogens with zero attached hydrogens (tertiary/aromatic N) is 4. The van der Waals surface area contributed by atoms with Crippen molar-refractivity contribution in [3.63, 3.8) is 0 Å². The van der Waals surface area contributed by atoms with Crippen molar-refractivity contribution in [3.8, 4) is 0 Å². The van der Waals surface area contributed by atoms with Gasteiger partial charge in [-0.15, -0.1) is 11.7 Å². The summed E-state index contributed by atoms with van der Waals surface area (Å²) in [5, 5.41) is 8.58. The maximum atomic E-state index is 4.66. The first-order chi connectivity index (χ1) is 8.78. The van der Waals surface area contributed by atoms with Gasteiger partial charge in [0, 0.05) is 13.1 Å². The van der Waals surface area contributed by atoms with Gasteiger partial charge >= 0.3 is 0 Å². The molecule has 0 unspecified atom stereocenters. The molecule has 1 saturated heterocycles. The number of aryl methyl sites for hydroxylation is 2. The second-order valence-electron chi connectivity index (χ2n) is 4.77. The van der Waals surface area contributed by atoms with E-state index in [2.05, 4.69) is 46.6 Å². The van der Waals surface area contributed by atoms with Gasteiger partial charge in [-0.25, -0.2) is 4.98 Å². The van der Waals surface area contributed by atoms with E-state index in [4.69, 9.17) is 0 Å². The van der Waals surface area contributed by atoms with Crippen molar-refractivity contribution in [2.45, 2.75) is 39.5 Å². The number of anilines is 1. The maximum absolute atomic E-state index is 4.66. The summed E-state index contributed by atoms with van der Waals surface area (Å²) >= 11 is 0. The van der Waals surface area contributed by atoms with Crippen molar-refractivity contribution < 1.29 is 0 Å².